The number of esters is 2. The fraction of sp³-hybridized carbons (Fsp3) is 0.840. The zero-order valence-electron chi connectivity index (χ0n) is 19.0. The third-order valence-electron chi connectivity index (χ3n) is 9.85. The molecule has 1 heterocycles. The van der Waals surface area contributed by atoms with Crippen LogP contribution in [-0.2, 0) is 23.8 Å². The largest absolute Gasteiger partial charge is 0.462 e. The quantitative estimate of drug-likeness (QED) is 0.383. The van der Waals surface area contributed by atoms with Gasteiger partial charge in [0, 0.05) is 25.7 Å². The molecule has 5 aliphatic rings. The van der Waals surface area contributed by atoms with E-state index in [1.807, 2.05) is 6.92 Å². The van der Waals surface area contributed by atoms with Crippen LogP contribution in [0.3, 0.4) is 0 Å². The van der Waals surface area contributed by atoms with Gasteiger partial charge in [-0.3, -0.25) is 9.59 Å². The average molecular weight is 417 g/mol. The van der Waals surface area contributed by atoms with Crippen LogP contribution in [0.15, 0.2) is 11.6 Å². The number of carbonyl (C=O) groups excluding carboxylic acids is 2. The lowest BCUT2D eigenvalue weighted by Gasteiger charge is -2.58. The van der Waals surface area contributed by atoms with Crippen molar-refractivity contribution in [3.63, 3.8) is 0 Å². The summed E-state index contributed by atoms with van der Waals surface area (Å²) >= 11 is 0. The molecule has 3 saturated carbocycles. The smallest absolute Gasteiger partial charge is 0.302 e. The molecule has 0 N–H and O–H groups in total. The Morgan fingerprint density at radius 3 is 2.60 bits per heavy atom. The molecule has 1 saturated heterocycles. The van der Waals surface area contributed by atoms with Crippen LogP contribution < -0.4 is 0 Å². The van der Waals surface area contributed by atoms with Gasteiger partial charge < -0.3 is 14.2 Å². The zero-order chi connectivity index (χ0) is 21.5. The molecule has 0 amide bonds. The first-order valence-electron chi connectivity index (χ1n) is 11.8. The van der Waals surface area contributed by atoms with Crippen LogP contribution in [0.1, 0.15) is 79.6 Å². The van der Waals surface area contributed by atoms with Crippen LogP contribution in [0.4, 0.5) is 0 Å². The summed E-state index contributed by atoms with van der Waals surface area (Å²) in [5.41, 5.74) is 1.53. The predicted molar refractivity (Wildman–Crippen MR) is 111 cm³/mol. The summed E-state index contributed by atoms with van der Waals surface area (Å²) in [6.45, 7) is 9.90. The first kappa shape index (κ1) is 20.5. The molecule has 5 rings (SSSR count). The Morgan fingerprint density at radius 2 is 1.90 bits per heavy atom. The fourth-order valence-electron chi connectivity index (χ4n) is 8.52. The second-order valence-corrected chi connectivity index (χ2v) is 11.1. The maximum Gasteiger partial charge on any atom is 0.302 e. The van der Waals surface area contributed by atoms with E-state index in [4.69, 9.17) is 14.2 Å². The highest BCUT2D eigenvalue weighted by Gasteiger charge is 2.79. The number of rotatable bonds is 3. The van der Waals surface area contributed by atoms with E-state index in [0.717, 1.165) is 38.5 Å². The lowest BCUT2D eigenvalue weighted by molar-refractivity contribution is -0.159. The number of carbonyl (C=O) groups is 2. The molecule has 4 aliphatic carbocycles. The summed E-state index contributed by atoms with van der Waals surface area (Å²) in [5, 5.41) is 0. The molecule has 0 unspecified atom stereocenters. The van der Waals surface area contributed by atoms with Crippen LogP contribution in [0, 0.1) is 28.6 Å². The number of hydrogen-bond donors (Lipinski definition) is 0. The van der Waals surface area contributed by atoms with E-state index in [1.54, 1.807) is 0 Å². The van der Waals surface area contributed by atoms with Crippen molar-refractivity contribution in [1.29, 1.82) is 0 Å². The standard InChI is InChI=1S/C25H36O5/c1-14(28-15(2)26)25-22(30-25)13-21-19-7-6-17-12-18(29-16(3)27)8-10-23(17,4)20(19)9-11-24(21,25)5/h6,14,18-22H,7-13H2,1-5H3/t14-,18+,19+,20-,21-,22-,23+,24+,25+/m1/s1. The molecule has 4 fully saturated rings. The number of epoxide rings is 1. The SMILES string of the molecule is CC(=O)O[C@H]1CC[C@@]2(C)C(=CC[C@H]3[C@H]2CC[C@@]2(C)[C@@H]3C[C@H]3O[C@@]32[C@@H](C)OC(C)=O)C1. The van der Waals surface area contributed by atoms with Crippen LogP contribution >= 0.6 is 0 Å². The van der Waals surface area contributed by atoms with Crippen molar-refractivity contribution >= 4 is 11.9 Å². The molecule has 0 bridgehead atoms. The van der Waals surface area contributed by atoms with Gasteiger partial charge >= 0.3 is 11.9 Å². The second kappa shape index (κ2) is 6.57. The van der Waals surface area contributed by atoms with E-state index >= 15 is 0 Å². The zero-order valence-corrected chi connectivity index (χ0v) is 19.0. The van der Waals surface area contributed by atoms with Crippen molar-refractivity contribution < 1.29 is 23.8 Å². The molecular formula is C25H36O5. The third kappa shape index (κ3) is 2.63. The minimum atomic E-state index is -0.286. The first-order chi connectivity index (χ1) is 14.1. The van der Waals surface area contributed by atoms with Crippen molar-refractivity contribution in [3.8, 4) is 0 Å². The Bertz CT molecular complexity index is 803. The molecule has 5 heteroatoms. The summed E-state index contributed by atoms with van der Waals surface area (Å²) in [4.78, 5) is 23.1. The van der Waals surface area contributed by atoms with E-state index < -0.39 is 0 Å². The topological polar surface area (TPSA) is 65.1 Å². The molecule has 0 spiro atoms. The highest BCUT2D eigenvalue weighted by atomic mass is 16.7. The highest BCUT2D eigenvalue weighted by molar-refractivity contribution is 5.66. The summed E-state index contributed by atoms with van der Waals surface area (Å²) < 4.78 is 17.5. The Labute approximate surface area is 179 Å². The molecule has 5 nitrogen and oxygen atoms in total. The molecule has 0 aromatic rings. The highest BCUT2D eigenvalue weighted by Crippen LogP contribution is 2.74. The first-order valence-corrected chi connectivity index (χ1v) is 11.8. The normalized spacial score (nSPS) is 49.5. The van der Waals surface area contributed by atoms with E-state index in [0.29, 0.717) is 17.8 Å². The lowest BCUT2D eigenvalue weighted by Crippen LogP contribution is -2.55. The van der Waals surface area contributed by atoms with Gasteiger partial charge in [0.05, 0.1) is 6.10 Å². The Hall–Kier alpha value is -1.36. The summed E-state index contributed by atoms with van der Waals surface area (Å²) in [7, 11) is 0. The van der Waals surface area contributed by atoms with Crippen molar-refractivity contribution in [2.75, 3.05) is 0 Å². The minimum Gasteiger partial charge on any atom is -0.462 e. The van der Waals surface area contributed by atoms with E-state index in [2.05, 4.69) is 19.9 Å². The molecule has 0 aromatic carbocycles. The van der Waals surface area contributed by atoms with Crippen LogP contribution in [-0.4, -0.2) is 35.9 Å². The van der Waals surface area contributed by atoms with Gasteiger partial charge in [-0.15, -0.1) is 0 Å². The van der Waals surface area contributed by atoms with Crippen molar-refractivity contribution in [2.24, 2.45) is 28.6 Å². The lowest BCUT2D eigenvalue weighted by atomic mass is 9.47. The van der Waals surface area contributed by atoms with Gasteiger partial charge in [0.15, 0.2) is 0 Å². The Morgan fingerprint density at radius 1 is 1.13 bits per heavy atom. The third-order valence-corrected chi connectivity index (χ3v) is 9.85. The maximum atomic E-state index is 11.6. The van der Waals surface area contributed by atoms with E-state index in [9.17, 15) is 9.59 Å². The Balaban J connectivity index is 1.40. The van der Waals surface area contributed by atoms with Crippen LogP contribution in [0.5, 0.6) is 0 Å². The minimum absolute atomic E-state index is 0.0487. The monoisotopic (exact) mass is 416 g/mol. The van der Waals surface area contributed by atoms with Crippen LogP contribution in [0.2, 0.25) is 0 Å². The molecule has 30 heavy (non-hydrogen) atoms. The van der Waals surface area contributed by atoms with Gasteiger partial charge in [-0.1, -0.05) is 25.5 Å². The summed E-state index contributed by atoms with van der Waals surface area (Å²) in [6, 6.07) is 0. The number of hydrogen-bond acceptors (Lipinski definition) is 5. The van der Waals surface area contributed by atoms with Gasteiger partial charge in [0.25, 0.3) is 0 Å². The van der Waals surface area contributed by atoms with Gasteiger partial charge in [0.1, 0.15) is 17.8 Å². The number of allylic oxidation sites excluding steroid dienone is 1. The molecule has 9 atom stereocenters. The van der Waals surface area contributed by atoms with Gasteiger partial charge in [0.2, 0.25) is 0 Å². The van der Waals surface area contributed by atoms with Crippen molar-refractivity contribution in [3.05, 3.63) is 11.6 Å². The van der Waals surface area contributed by atoms with E-state index in [1.165, 1.54) is 25.8 Å². The average Bonchev–Trinajstić information content (AvgIpc) is 3.33. The van der Waals surface area contributed by atoms with Gasteiger partial charge in [-0.2, -0.15) is 0 Å². The maximum absolute atomic E-state index is 11.6. The van der Waals surface area contributed by atoms with Gasteiger partial charge in [-0.25, -0.2) is 0 Å². The molecule has 0 radical (unpaired) electrons. The fourth-order valence-corrected chi connectivity index (χ4v) is 8.52. The van der Waals surface area contributed by atoms with E-state index in [-0.39, 0.29) is 46.7 Å². The number of fused-ring (bicyclic) bond motifs is 7. The molecule has 166 valence electrons. The van der Waals surface area contributed by atoms with Crippen molar-refractivity contribution in [1.82, 2.24) is 0 Å². The Kier molecular flexibility index (Phi) is 4.50. The summed E-state index contributed by atoms with van der Waals surface area (Å²) in [6.07, 6.45) is 10.1. The summed E-state index contributed by atoms with van der Waals surface area (Å²) in [5.74, 6) is 1.60. The molecule has 1 aliphatic heterocycles. The predicted octanol–water partition coefficient (Wildman–Crippen LogP) is 4.58. The van der Waals surface area contributed by atoms with Crippen LogP contribution in [0.25, 0.3) is 0 Å². The number of ether oxygens (including phenoxy) is 3. The molecule has 0 aromatic heterocycles. The van der Waals surface area contributed by atoms with Gasteiger partial charge in [-0.05, 0) is 68.6 Å². The molecular weight excluding hydrogens is 380 g/mol. The van der Waals surface area contributed by atoms with Crippen molar-refractivity contribution in [2.45, 2.75) is 103 Å². The second-order valence-electron chi connectivity index (χ2n) is 11.1.